The van der Waals surface area contributed by atoms with Crippen molar-refractivity contribution >= 4 is 12.6 Å². The Labute approximate surface area is 104 Å². The van der Waals surface area contributed by atoms with Crippen LogP contribution in [0, 0.1) is 0 Å². The lowest BCUT2D eigenvalue weighted by atomic mass is 10.0. The number of hydrogen-bond donors (Lipinski definition) is 1. The van der Waals surface area contributed by atoms with Gasteiger partial charge in [0.1, 0.15) is 0 Å². The van der Waals surface area contributed by atoms with Crippen LogP contribution in [0.4, 0.5) is 0 Å². The monoisotopic (exact) mass is 235 g/mol. The van der Waals surface area contributed by atoms with Gasteiger partial charge in [-0.1, -0.05) is 36.8 Å². The highest BCUT2D eigenvalue weighted by atomic mass is 32.1. The molecule has 0 unspecified atom stereocenters. The second kappa shape index (κ2) is 5.74. The minimum Gasteiger partial charge on any atom is -0.299 e. The summed E-state index contributed by atoms with van der Waals surface area (Å²) in [5, 5.41) is 0.333. The molecule has 0 radical (unpaired) electrons. The van der Waals surface area contributed by atoms with Crippen LogP contribution in [0.5, 0.6) is 0 Å². The second-order valence-electron chi connectivity index (χ2n) is 4.69. The number of benzene rings is 1. The maximum absolute atomic E-state index is 4.78. The van der Waals surface area contributed by atoms with E-state index in [4.69, 9.17) is 12.6 Å². The standard InChI is InChI=1S/C14H21NS/c1-12(15-10-6-3-7-11-15)14(16)13-8-4-2-5-9-13/h2,4-5,8-9,12,14,16H,3,6-7,10-11H2,1H3/t12-,14-/m1/s1. The molecule has 0 bridgehead atoms. The summed E-state index contributed by atoms with van der Waals surface area (Å²) in [6.07, 6.45) is 4.09. The van der Waals surface area contributed by atoms with E-state index >= 15 is 0 Å². The number of thiol groups is 1. The number of piperidine rings is 1. The highest BCUT2D eigenvalue weighted by Gasteiger charge is 2.23. The van der Waals surface area contributed by atoms with Gasteiger partial charge < -0.3 is 0 Å². The fourth-order valence-corrected chi connectivity index (χ4v) is 2.81. The van der Waals surface area contributed by atoms with Crippen molar-refractivity contribution in [2.45, 2.75) is 37.5 Å². The third-order valence-electron chi connectivity index (χ3n) is 3.56. The van der Waals surface area contributed by atoms with Crippen molar-refractivity contribution in [3.05, 3.63) is 35.9 Å². The van der Waals surface area contributed by atoms with E-state index in [0.29, 0.717) is 11.3 Å². The van der Waals surface area contributed by atoms with Crippen LogP contribution in [0.15, 0.2) is 30.3 Å². The van der Waals surface area contributed by atoms with Crippen molar-refractivity contribution in [2.75, 3.05) is 13.1 Å². The van der Waals surface area contributed by atoms with Crippen LogP contribution >= 0.6 is 12.6 Å². The first kappa shape index (κ1) is 12.0. The minimum atomic E-state index is 0.333. The fourth-order valence-electron chi connectivity index (χ4n) is 2.45. The summed E-state index contributed by atoms with van der Waals surface area (Å²) in [5.74, 6) is 0. The molecular weight excluding hydrogens is 214 g/mol. The van der Waals surface area contributed by atoms with Gasteiger partial charge in [0, 0.05) is 11.3 Å². The summed E-state index contributed by atoms with van der Waals surface area (Å²) in [4.78, 5) is 2.58. The Morgan fingerprint density at radius 2 is 1.69 bits per heavy atom. The highest BCUT2D eigenvalue weighted by Crippen LogP contribution is 2.28. The van der Waals surface area contributed by atoms with Crippen LogP contribution in [-0.2, 0) is 0 Å². The third kappa shape index (κ3) is 2.80. The predicted octanol–water partition coefficient (Wildman–Crippen LogP) is 3.53. The molecule has 1 aliphatic rings. The summed E-state index contributed by atoms with van der Waals surface area (Å²) in [7, 11) is 0. The molecular formula is C14H21NS. The quantitative estimate of drug-likeness (QED) is 0.784. The molecule has 1 aromatic carbocycles. The average molecular weight is 235 g/mol. The first-order chi connectivity index (χ1) is 7.79. The Bertz CT molecular complexity index is 306. The van der Waals surface area contributed by atoms with Gasteiger partial charge in [-0.15, -0.1) is 0 Å². The van der Waals surface area contributed by atoms with E-state index in [1.807, 2.05) is 0 Å². The number of hydrogen-bond acceptors (Lipinski definition) is 2. The summed E-state index contributed by atoms with van der Waals surface area (Å²) in [6, 6.07) is 11.2. The lowest BCUT2D eigenvalue weighted by molar-refractivity contribution is 0.171. The molecule has 0 spiro atoms. The molecule has 1 nitrogen and oxygen atoms in total. The maximum Gasteiger partial charge on any atom is 0.0419 e. The van der Waals surface area contributed by atoms with Crippen molar-refractivity contribution < 1.29 is 0 Å². The van der Waals surface area contributed by atoms with E-state index in [9.17, 15) is 0 Å². The number of likely N-dealkylation sites (tertiary alicyclic amines) is 1. The van der Waals surface area contributed by atoms with Crippen LogP contribution < -0.4 is 0 Å². The number of rotatable bonds is 3. The van der Waals surface area contributed by atoms with E-state index in [0.717, 1.165) is 0 Å². The Balaban J connectivity index is 2.00. The zero-order valence-electron chi connectivity index (χ0n) is 9.97. The van der Waals surface area contributed by atoms with Crippen LogP contribution in [-0.4, -0.2) is 24.0 Å². The average Bonchev–Trinajstić information content (AvgIpc) is 2.39. The van der Waals surface area contributed by atoms with E-state index in [2.05, 4.69) is 42.2 Å². The summed E-state index contributed by atoms with van der Waals surface area (Å²) < 4.78 is 0. The maximum atomic E-state index is 4.78. The largest absolute Gasteiger partial charge is 0.299 e. The molecule has 16 heavy (non-hydrogen) atoms. The van der Waals surface area contributed by atoms with Gasteiger partial charge in [-0.05, 0) is 38.4 Å². The molecule has 1 saturated heterocycles. The van der Waals surface area contributed by atoms with Gasteiger partial charge in [-0.3, -0.25) is 4.90 Å². The summed E-state index contributed by atoms with van der Waals surface area (Å²) >= 11 is 4.78. The fraction of sp³-hybridized carbons (Fsp3) is 0.571. The first-order valence-corrected chi connectivity index (χ1v) is 6.78. The molecule has 0 saturated carbocycles. The van der Waals surface area contributed by atoms with Gasteiger partial charge in [0.25, 0.3) is 0 Å². The zero-order valence-corrected chi connectivity index (χ0v) is 10.9. The van der Waals surface area contributed by atoms with Crippen molar-refractivity contribution in [3.8, 4) is 0 Å². The second-order valence-corrected chi connectivity index (χ2v) is 5.25. The molecule has 0 aliphatic carbocycles. The van der Waals surface area contributed by atoms with Gasteiger partial charge in [-0.25, -0.2) is 0 Å². The minimum absolute atomic E-state index is 0.333. The van der Waals surface area contributed by atoms with Crippen LogP contribution in [0.3, 0.4) is 0 Å². The molecule has 0 amide bonds. The van der Waals surface area contributed by atoms with Gasteiger partial charge in [0.2, 0.25) is 0 Å². The lowest BCUT2D eigenvalue weighted by Crippen LogP contribution is -2.39. The molecule has 1 aromatic rings. The Kier molecular flexibility index (Phi) is 4.30. The summed E-state index contributed by atoms with van der Waals surface area (Å²) in [6.45, 7) is 4.78. The molecule has 2 atom stereocenters. The Morgan fingerprint density at radius 3 is 2.31 bits per heavy atom. The van der Waals surface area contributed by atoms with Crippen molar-refractivity contribution in [1.29, 1.82) is 0 Å². The van der Waals surface area contributed by atoms with Gasteiger partial charge in [0.05, 0.1) is 0 Å². The van der Waals surface area contributed by atoms with Crippen LogP contribution in [0.1, 0.15) is 37.0 Å². The van der Waals surface area contributed by atoms with E-state index in [1.165, 1.54) is 37.9 Å². The molecule has 1 fully saturated rings. The van der Waals surface area contributed by atoms with Crippen molar-refractivity contribution in [3.63, 3.8) is 0 Å². The number of nitrogens with zero attached hydrogens (tertiary/aromatic N) is 1. The SMILES string of the molecule is C[C@H]([C@@H](S)c1ccccc1)N1CCCCC1. The van der Waals surface area contributed by atoms with Crippen molar-refractivity contribution in [2.24, 2.45) is 0 Å². The third-order valence-corrected chi connectivity index (χ3v) is 4.29. The normalized spacial score (nSPS) is 21.6. The van der Waals surface area contributed by atoms with E-state index in [1.54, 1.807) is 0 Å². The molecule has 1 aliphatic heterocycles. The highest BCUT2D eigenvalue weighted by molar-refractivity contribution is 7.80. The molecule has 2 heteroatoms. The van der Waals surface area contributed by atoms with Crippen LogP contribution in [0.25, 0.3) is 0 Å². The molecule has 0 aromatic heterocycles. The Hall–Kier alpha value is -0.470. The van der Waals surface area contributed by atoms with Crippen LogP contribution in [0.2, 0.25) is 0 Å². The molecule has 88 valence electrons. The van der Waals surface area contributed by atoms with Gasteiger partial charge >= 0.3 is 0 Å². The van der Waals surface area contributed by atoms with Crippen molar-refractivity contribution in [1.82, 2.24) is 4.90 Å². The first-order valence-electron chi connectivity index (χ1n) is 6.26. The van der Waals surface area contributed by atoms with E-state index in [-0.39, 0.29) is 0 Å². The molecule has 0 N–H and O–H groups in total. The van der Waals surface area contributed by atoms with E-state index < -0.39 is 0 Å². The summed E-state index contributed by atoms with van der Waals surface area (Å²) in [5.41, 5.74) is 1.34. The predicted molar refractivity (Wildman–Crippen MR) is 73.1 cm³/mol. The van der Waals surface area contributed by atoms with Gasteiger partial charge in [0.15, 0.2) is 0 Å². The lowest BCUT2D eigenvalue weighted by Gasteiger charge is -2.35. The zero-order chi connectivity index (χ0) is 11.4. The Morgan fingerprint density at radius 1 is 1.06 bits per heavy atom. The van der Waals surface area contributed by atoms with Gasteiger partial charge in [-0.2, -0.15) is 12.6 Å². The topological polar surface area (TPSA) is 3.24 Å². The smallest absolute Gasteiger partial charge is 0.0419 e. The molecule has 1 heterocycles. The molecule has 2 rings (SSSR count).